The third-order valence-electron chi connectivity index (χ3n) is 2.17. The van der Waals surface area contributed by atoms with Gasteiger partial charge in [-0.05, 0) is 25.7 Å². The molecule has 1 fully saturated rings. The van der Waals surface area contributed by atoms with E-state index in [4.69, 9.17) is 15.2 Å². The second-order valence-electron chi connectivity index (χ2n) is 3.47. The Morgan fingerprint density at radius 2 is 2.23 bits per heavy atom. The molecule has 1 saturated heterocycles. The summed E-state index contributed by atoms with van der Waals surface area (Å²) >= 11 is 0. The summed E-state index contributed by atoms with van der Waals surface area (Å²) in [7, 11) is 0. The van der Waals surface area contributed by atoms with Gasteiger partial charge >= 0.3 is 5.97 Å². The van der Waals surface area contributed by atoms with Crippen molar-refractivity contribution in [1.82, 2.24) is 0 Å². The van der Waals surface area contributed by atoms with Crippen LogP contribution in [0.4, 0.5) is 0 Å². The molecule has 1 aliphatic heterocycles. The first-order chi connectivity index (χ1) is 6.20. The number of carbonyl (C=O) groups is 1. The highest BCUT2D eigenvalue weighted by Crippen LogP contribution is 2.14. The lowest BCUT2D eigenvalue weighted by molar-refractivity contribution is -0.147. The highest BCUT2D eigenvalue weighted by molar-refractivity contribution is 5.74. The molecule has 0 unspecified atom stereocenters. The van der Waals surface area contributed by atoms with Crippen molar-refractivity contribution in [3.63, 3.8) is 0 Å². The summed E-state index contributed by atoms with van der Waals surface area (Å²) in [6, 6.07) is -0.514. The van der Waals surface area contributed by atoms with Gasteiger partial charge in [-0.25, -0.2) is 0 Å². The van der Waals surface area contributed by atoms with Gasteiger partial charge in [-0.3, -0.25) is 4.79 Å². The minimum atomic E-state index is -0.514. The van der Waals surface area contributed by atoms with Crippen molar-refractivity contribution in [2.45, 2.75) is 25.8 Å². The molecule has 0 amide bonds. The van der Waals surface area contributed by atoms with Crippen LogP contribution in [0, 0.1) is 5.92 Å². The summed E-state index contributed by atoms with van der Waals surface area (Å²) in [4.78, 5) is 11.0. The summed E-state index contributed by atoms with van der Waals surface area (Å²) < 4.78 is 10.2. The lowest BCUT2D eigenvalue weighted by Crippen LogP contribution is -2.31. The highest BCUT2D eigenvalue weighted by Gasteiger charge is 2.16. The first-order valence-corrected chi connectivity index (χ1v) is 4.70. The van der Waals surface area contributed by atoms with Gasteiger partial charge in [0.15, 0.2) is 0 Å². The third kappa shape index (κ3) is 3.74. The molecular formula is C9H17NO3. The molecular weight excluding hydrogens is 170 g/mol. The average Bonchev–Trinajstić information content (AvgIpc) is 2.15. The molecule has 1 atom stereocenters. The van der Waals surface area contributed by atoms with Crippen LogP contribution >= 0.6 is 0 Å². The summed E-state index contributed by atoms with van der Waals surface area (Å²) in [5.74, 6) is 0.142. The molecule has 0 radical (unpaired) electrons. The molecule has 2 N–H and O–H groups in total. The number of hydrogen-bond acceptors (Lipinski definition) is 4. The molecule has 1 heterocycles. The number of rotatable bonds is 3. The smallest absolute Gasteiger partial charge is 0.322 e. The maximum absolute atomic E-state index is 11.0. The minimum Gasteiger partial charge on any atom is -0.464 e. The van der Waals surface area contributed by atoms with Crippen LogP contribution in [0.1, 0.15) is 19.8 Å². The number of esters is 1. The zero-order valence-corrected chi connectivity index (χ0v) is 7.99. The van der Waals surface area contributed by atoms with E-state index in [0.29, 0.717) is 12.5 Å². The Morgan fingerprint density at radius 3 is 2.77 bits per heavy atom. The molecule has 0 saturated carbocycles. The first kappa shape index (κ1) is 10.5. The molecule has 0 spiro atoms. The average molecular weight is 187 g/mol. The summed E-state index contributed by atoms with van der Waals surface area (Å²) in [5.41, 5.74) is 5.35. The molecule has 1 aliphatic rings. The van der Waals surface area contributed by atoms with Crippen molar-refractivity contribution >= 4 is 5.97 Å². The molecule has 76 valence electrons. The Kier molecular flexibility index (Phi) is 4.18. The van der Waals surface area contributed by atoms with Gasteiger partial charge in [0.2, 0.25) is 0 Å². The van der Waals surface area contributed by atoms with E-state index in [1.807, 2.05) is 0 Å². The second-order valence-corrected chi connectivity index (χ2v) is 3.47. The van der Waals surface area contributed by atoms with Crippen molar-refractivity contribution in [3.8, 4) is 0 Å². The third-order valence-corrected chi connectivity index (χ3v) is 2.17. The van der Waals surface area contributed by atoms with Gasteiger partial charge in [0, 0.05) is 13.2 Å². The van der Waals surface area contributed by atoms with Crippen molar-refractivity contribution in [1.29, 1.82) is 0 Å². The Hall–Kier alpha value is -0.610. The predicted octanol–water partition coefficient (Wildman–Crippen LogP) is 0.303. The number of hydrogen-bond donors (Lipinski definition) is 1. The SMILES string of the molecule is C[C@H](N)C(=O)OCC1CCOCC1. The number of nitrogens with two attached hydrogens (primary N) is 1. The van der Waals surface area contributed by atoms with Crippen LogP contribution in [-0.2, 0) is 14.3 Å². The lowest BCUT2D eigenvalue weighted by atomic mass is 10.0. The standard InChI is InChI=1S/C9H17NO3/c1-7(10)9(11)13-6-8-2-4-12-5-3-8/h7-8H,2-6,10H2,1H3/t7-/m0/s1. The molecule has 0 aliphatic carbocycles. The zero-order chi connectivity index (χ0) is 9.68. The van der Waals surface area contributed by atoms with Crippen LogP contribution in [0.2, 0.25) is 0 Å². The van der Waals surface area contributed by atoms with E-state index in [1.165, 1.54) is 0 Å². The van der Waals surface area contributed by atoms with E-state index >= 15 is 0 Å². The Labute approximate surface area is 78.4 Å². The Morgan fingerprint density at radius 1 is 1.62 bits per heavy atom. The Bertz CT molecular complexity index is 164. The van der Waals surface area contributed by atoms with Crippen LogP contribution in [0.5, 0.6) is 0 Å². The van der Waals surface area contributed by atoms with Crippen molar-refractivity contribution < 1.29 is 14.3 Å². The van der Waals surface area contributed by atoms with Crippen LogP contribution in [-0.4, -0.2) is 31.8 Å². The predicted molar refractivity (Wildman–Crippen MR) is 48.2 cm³/mol. The topological polar surface area (TPSA) is 61.6 Å². The molecule has 1 rings (SSSR count). The fourth-order valence-corrected chi connectivity index (χ4v) is 1.24. The molecule has 13 heavy (non-hydrogen) atoms. The van der Waals surface area contributed by atoms with E-state index in [2.05, 4.69) is 0 Å². The Balaban J connectivity index is 2.13. The van der Waals surface area contributed by atoms with Crippen molar-refractivity contribution in [2.75, 3.05) is 19.8 Å². The van der Waals surface area contributed by atoms with E-state index in [0.717, 1.165) is 26.1 Å². The van der Waals surface area contributed by atoms with Gasteiger partial charge < -0.3 is 15.2 Å². The molecule has 0 bridgehead atoms. The van der Waals surface area contributed by atoms with Crippen molar-refractivity contribution in [2.24, 2.45) is 11.7 Å². The zero-order valence-electron chi connectivity index (χ0n) is 7.99. The highest BCUT2D eigenvalue weighted by atomic mass is 16.5. The van der Waals surface area contributed by atoms with Gasteiger partial charge in [0.25, 0.3) is 0 Å². The van der Waals surface area contributed by atoms with Crippen LogP contribution in [0.3, 0.4) is 0 Å². The molecule has 4 heteroatoms. The monoisotopic (exact) mass is 187 g/mol. The summed E-state index contributed by atoms with van der Waals surface area (Å²) in [6.07, 6.45) is 1.96. The quantitative estimate of drug-likeness (QED) is 0.646. The van der Waals surface area contributed by atoms with E-state index in [1.54, 1.807) is 6.92 Å². The molecule has 0 aromatic heterocycles. The van der Waals surface area contributed by atoms with Gasteiger partial charge in [-0.1, -0.05) is 0 Å². The van der Waals surface area contributed by atoms with E-state index in [-0.39, 0.29) is 5.97 Å². The maximum Gasteiger partial charge on any atom is 0.322 e. The maximum atomic E-state index is 11.0. The van der Waals surface area contributed by atoms with Crippen LogP contribution in [0.15, 0.2) is 0 Å². The lowest BCUT2D eigenvalue weighted by Gasteiger charge is -2.21. The number of ether oxygens (including phenoxy) is 2. The van der Waals surface area contributed by atoms with Gasteiger partial charge in [0.05, 0.1) is 6.61 Å². The fourth-order valence-electron chi connectivity index (χ4n) is 1.24. The second kappa shape index (κ2) is 5.19. The summed E-state index contributed by atoms with van der Waals surface area (Å²) in [5, 5.41) is 0. The molecule has 0 aromatic rings. The normalized spacial score (nSPS) is 21.1. The van der Waals surface area contributed by atoms with Crippen LogP contribution < -0.4 is 5.73 Å². The minimum absolute atomic E-state index is 0.313. The molecule has 4 nitrogen and oxygen atoms in total. The van der Waals surface area contributed by atoms with Gasteiger partial charge in [0.1, 0.15) is 6.04 Å². The fraction of sp³-hybridized carbons (Fsp3) is 0.889. The largest absolute Gasteiger partial charge is 0.464 e. The number of carbonyl (C=O) groups excluding carboxylic acids is 1. The van der Waals surface area contributed by atoms with Gasteiger partial charge in [-0.2, -0.15) is 0 Å². The van der Waals surface area contributed by atoms with Gasteiger partial charge in [-0.15, -0.1) is 0 Å². The first-order valence-electron chi connectivity index (χ1n) is 4.70. The summed E-state index contributed by atoms with van der Waals surface area (Å²) in [6.45, 7) is 3.68. The van der Waals surface area contributed by atoms with E-state index in [9.17, 15) is 4.79 Å². The van der Waals surface area contributed by atoms with Crippen LogP contribution in [0.25, 0.3) is 0 Å². The van der Waals surface area contributed by atoms with Crippen molar-refractivity contribution in [3.05, 3.63) is 0 Å². The van der Waals surface area contributed by atoms with E-state index < -0.39 is 6.04 Å². The molecule has 0 aromatic carbocycles.